The predicted molar refractivity (Wildman–Crippen MR) is 117 cm³/mol. The third-order valence-corrected chi connectivity index (χ3v) is 7.46. The Kier molecular flexibility index (Phi) is 6.44. The first-order valence-electron chi connectivity index (χ1n) is 10.6. The number of hydrogen-bond acceptors (Lipinski definition) is 4. The topological polar surface area (TPSA) is 84.3 Å². The third kappa shape index (κ3) is 5.03. The molecule has 1 aromatic heterocycles. The summed E-state index contributed by atoms with van der Waals surface area (Å²) in [6.45, 7) is 0.353. The number of aromatic nitrogens is 2. The Labute approximate surface area is 189 Å². The van der Waals surface area contributed by atoms with Crippen molar-refractivity contribution in [2.24, 2.45) is 0 Å². The molecule has 7 nitrogen and oxygen atoms in total. The molecule has 0 atom stereocenters. The van der Waals surface area contributed by atoms with Crippen LogP contribution in [0.2, 0.25) is 0 Å². The Morgan fingerprint density at radius 2 is 1.61 bits per heavy atom. The van der Waals surface area contributed by atoms with Crippen LogP contribution in [0.1, 0.15) is 31.5 Å². The number of imidazole rings is 1. The number of alkyl halides is 3. The number of benzene rings is 2. The Balaban J connectivity index is 1.50. The number of anilines is 1. The Morgan fingerprint density at radius 3 is 2.24 bits per heavy atom. The molecule has 1 aliphatic heterocycles. The Bertz CT molecular complexity index is 1250. The minimum atomic E-state index is -4.72. The maximum Gasteiger partial charge on any atom is 0.449 e. The summed E-state index contributed by atoms with van der Waals surface area (Å²) < 4.78 is 68.3. The highest BCUT2D eigenvalue weighted by Crippen LogP contribution is 2.31. The molecule has 176 valence electrons. The van der Waals surface area contributed by atoms with Crippen LogP contribution in [-0.2, 0) is 27.5 Å². The first kappa shape index (κ1) is 23.2. The molecule has 1 saturated heterocycles. The average molecular weight is 481 g/mol. The van der Waals surface area contributed by atoms with Gasteiger partial charge in [0.05, 0.1) is 15.9 Å². The molecule has 33 heavy (non-hydrogen) atoms. The minimum absolute atomic E-state index is 0.113. The summed E-state index contributed by atoms with van der Waals surface area (Å²) in [7, 11) is -3.63. The number of halogens is 3. The van der Waals surface area contributed by atoms with E-state index in [1.54, 1.807) is 12.1 Å². The van der Waals surface area contributed by atoms with Gasteiger partial charge in [-0.25, -0.2) is 13.4 Å². The number of para-hydroxylation sites is 2. The largest absolute Gasteiger partial charge is 0.449 e. The highest BCUT2D eigenvalue weighted by Gasteiger charge is 2.38. The van der Waals surface area contributed by atoms with Crippen LogP contribution in [0, 0.1) is 0 Å². The molecule has 2 heterocycles. The first-order valence-corrected chi connectivity index (χ1v) is 12.0. The molecule has 2 aromatic carbocycles. The monoisotopic (exact) mass is 480 g/mol. The fraction of sp³-hybridized carbons (Fsp3) is 0.364. The van der Waals surface area contributed by atoms with Crippen LogP contribution in [0.25, 0.3) is 11.0 Å². The number of hydrogen-bond donors (Lipinski definition) is 1. The molecule has 1 N–H and O–H groups in total. The molecular formula is C22H23F3N4O3S. The second-order valence-corrected chi connectivity index (χ2v) is 9.84. The van der Waals surface area contributed by atoms with Gasteiger partial charge >= 0.3 is 6.18 Å². The zero-order chi connectivity index (χ0) is 23.6. The molecule has 4 rings (SSSR count). The van der Waals surface area contributed by atoms with Gasteiger partial charge in [-0.1, -0.05) is 25.0 Å². The Hall–Kier alpha value is -2.92. The smallest absolute Gasteiger partial charge is 0.325 e. The average Bonchev–Trinajstić information content (AvgIpc) is 2.94. The number of sulfonamides is 1. The molecule has 0 radical (unpaired) electrons. The zero-order valence-corrected chi connectivity index (χ0v) is 18.5. The lowest BCUT2D eigenvalue weighted by Crippen LogP contribution is -2.31. The van der Waals surface area contributed by atoms with E-state index < -0.39 is 34.5 Å². The van der Waals surface area contributed by atoms with Gasteiger partial charge in [0.1, 0.15) is 6.54 Å². The second-order valence-electron chi connectivity index (χ2n) is 7.90. The van der Waals surface area contributed by atoms with E-state index in [1.165, 1.54) is 40.7 Å². The number of carbonyl (C=O) groups is 1. The number of amides is 1. The van der Waals surface area contributed by atoms with Gasteiger partial charge in [0.2, 0.25) is 21.8 Å². The van der Waals surface area contributed by atoms with E-state index in [-0.39, 0.29) is 21.6 Å². The van der Waals surface area contributed by atoms with Crippen molar-refractivity contribution in [1.29, 1.82) is 0 Å². The van der Waals surface area contributed by atoms with Gasteiger partial charge in [0, 0.05) is 18.8 Å². The summed E-state index contributed by atoms with van der Waals surface area (Å²) in [5.41, 5.74) is 0.618. The van der Waals surface area contributed by atoms with E-state index in [2.05, 4.69) is 10.3 Å². The number of rotatable bonds is 5. The quantitative estimate of drug-likeness (QED) is 0.592. The van der Waals surface area contributed by atoms with Crippen LogP contribution in [0.3, 0.4) is 0 Å². The second kappa shape index (κ2) is 9.14. The first-order chi connectivity index (χ1) is 15.7. The summed E-state index contributed by atoms with van der Waals surface area (Å²) in [6, 6.07) is 11.7. The SMILES string of the molecule is O=C(Cn1c(C(F)(F)F)nc2ccccc21)Nc1ccc(S(=O)(=O)N2CCCCCC2)cc1. The van der Waals surface area contributed by atoms with Crippen molar-refractivity contribution in [3.63, 3.8) is 0 Å². The van der Waals surface area contributed by atoms with Crippen molar-refractivity contribution in [2.75, 3.05) is 18.4 Å². The van der Waals surface area contributed by atoms with Crippen LogP contribution in [0.15, 0.2) is 53.4 Å². The van der Waals surface area contributed by atoms with E-state index in [4.69, 9.17) is 0 Å². The molecule has 0 aliphatic carbocycles. The van der Waals surface area contributed by atoms with E-state index in [9.17, 15) is 26.4 Å². The van der Waals surface area contributed by atoms with Gasteiger partial charge in [-0.05, 0) is 49.2 Å². The van der Waals surface area contributed by atoms with Crippen molar-refractivity contribution in [3.8, 4) is 0 Å². The molecule has 0 saturated carbocycles. The van der Waals surface area contributed by atoms with Crippen molar-refractivity contribution >= 4 is 32.7 Å². The number of carbonyl (C=O) groups excluding carboxylic acids is 1. The Morgan fingerprint density at radius 1 is 0.970 bits per heavy atom. The molecule has 11 heteroatoms. The molecule has 1 amide bonds. The standard InChI is InChI=1S/C22H23F3N4O3S/c23-22(24,25)21-27-18-7-3-4-8-19(18)29(21)15-20(30)26-16-9-11-17(12-10-16)33(31,32)28-13-5-1-2-6-14-28/h3-4,7-12H,1-2,5-6,13-15H2,(H,26,30). The van der Waals surface area contributed by atoms with Crippen LogP contribution < -0.4 is 5.32 Å². The molecule has 0 spiro atoms. The number of nitrogens with zero attached hydrogens (tertiary/aromatic N) is 3. The van der Waals surface area contributed by atoms with Gasteiger partial charge in [0.15, 0.2) is 0 Å². The fourth-order valence-corrected chi connectivity index (χ4v) is 5.45. The summed E-state index contributed by atoms with van der Waals surface area (Å²) >= 11 is 0. The van der Waals surface area contributed by atoms with Gasteiger partial charge in [-0.15, -0.1) is 0 Å². The van der Waals surface area contributed by atoms with Crippen molar-refractivity contribution in [3.05, 3.63) is 54.4 Å². The maximum absolute atomic E-state index is 13.4. The normalized spacial score (nSPS) is 16.0. The van der Waals surface area contributed by atoms with Crippen molar-refractivity contribution in [2.45, 2.75) is 43.3 Å². The van der Waals surface area contributed by atoms with Gasteiger partial charge < -0.3 is 9.88 Å². The molecule has 0 unspecified atom stereocenters. The highest BCUT2D eigenvalue weighted by molar-refractivity contribution is 7.89. The van der Waals surface area contributed by atoms with Crippen LogP contribution in [0.5, 0.6) is 0 Å². The minimum Gasteiger partial charge on any atom is -0.325 e. The molecule has 0 bridgehead atoms. The summed E-state index contributed by atoms with van der Waals surface area (Å²) in [5, 5.41) is 2.53. The number of fused-ring (bicyclic) bond motifs is 1. The maximum atomic E-state index is 13.4. The lowest BCUT2D eigenvalue weighted by atomic mass is 10.2. The lowest BCUT2D eigenvalue weighted by Gasteiger charge is -2.20. The van der Waals surface area contributed by atoms with Crippen LogP contribution in [0.4, 0.5) is 18.9 Å². The summed E-state index contributed by atoms with van der Waals surface area (Å²) in [4.78, 5) is 16.3. The lowest BCUT2D eigenvalue weighted by molar-refractivity contribution is -0.147. The van der Waals surface area contributed by atoms with Gasteiger partial charge in [0.25, 0.3) is 0 Å². The molecule has 1 aliphatic rings. The van der Waals surface area contributed by atoms with Crippen molar-refractivity contribution in [1.82, 2.24) is 13.9 Å². The molecular weight excluding hydrogens is 457 g/mol. The van der Waals surface area contributed by atoms with Crippen LogP contribution in [-0.4, -0.2) is 41.3 Å². The van der Waals surface area contributed by atoms with Crippen molar-refractivity contribution < 1.29 is 26.4 Å². The van der Waals surface area contributed by atoms with E-state index in [1.807, 2.05) is 0 Å². The third-order valence-electron chi connectivity index (χ3n) is 5.55. The van der Waals surface area contributed by atoms with Crippen LogP contribution >= 0.6 is 0 Å². The zero-order valence-electron chi connectivity index (χ0n) is 17.7. The van der Waals surface area contributed by atoms with E-state index in [0.717, 1.165) is 30.3 Å². The fourth-order valence-electron chi connectivity index (χ4n) is 3.94. The molecule has 3 aromatic rings. The van der Waals surface area contributed by atoms with Gasteiger partial charge in [-0.2, -0.15) is 17.5 Å². The van der Waals surface area contributed by atoms with E-state index in [0.29, 0.717) is 13.1 Å². The van der Waals surface area contributed by atoms with E-state index >= 15 is 0 Å². The number of nitrogens with one attached hydrogen (secondary N) is 1. The predicted octanol–water partition coefficient (Wildman–Crippen LogP) is 4.26. The summed E-state index contributed by atoms with van der Waals surface area (Å²) in [5.74, 6) is -1.84. The molecule has 1 fully saturated rings. The highest BCUT2D eigenvalue weighted by atomic mass is 32.2. The summed E-state index contributed by atoms with van der Waals surface area (Å²) in [6.07, 6.45) is -1.09. The van der Waals surface area contributed by atoms with Gasteiger partial charge in [-0.3, -0.25) is 4.79 Å².